The monoisotopic (exact) mass is 189 g/mol. The van der Waals surface area contributed by atoms with Gasteiger partial charge >= 0.3 is 0 Å². The van der Waals surface area contributed by atoms with Crippen LogP contribution in [0.1, 0.15) is 20.8 Å². The second-order valence-corrected chi connectivity index (χ2v) is 4.78. The van der Waals surface area contributed by atoms with Gasteiger partial charge in [0.2, 0.25) is 0 Å². The van der Waals surface area contributed by atoms with Crippen molar-refractivity contribution in [2.24, 2.45) is 5.41 Å². The average molecular weight is 189 g/mol. The molecule has 3 heteroatoms. The van der Waals surface area contributed by atoms with Crippen molar-refractivity contribution in [2.75, 3.05) is 0 Å². The average Bonchev–Trinajstić information content (AvgIpc) is 2.42. The van der Waals surface area contributed by atoms with Crippen LogP contribution >= 0.6 is 0 Å². The van der Waals surface area contributed by atoms with Crippen LogP contribution in [0.15, 0.2) is 24.3 Å². The van der Waals surface area contributed by atoms with Gasteiger partial charge < -0.3 is 0 Å². The molecule has 1 aromatic carbocycles. The third kappa shape index (κ3) is 1.92. The molecular formula is C11H15N3. The smallest absolute Gasteiger partial charge is 0.113 e. The summed E-state index contributed by atoms with van der Waals surface area (Å²) in [6.45, 7) is 7.39. The van der Waals surface area contributed by atoms with Crippen molar-refractivity contribution in [3.05, 3.63) is 24.3 Å². The maximum atomic E-state index is 4.40. The van der Waals surface area contributed by atoms with E-state index in [0.717, 1.165) is 17.6 Å². The van der Waals surface area contributed by atoms with Gasteiger partial charge in [0, 0.05) is 0 Å². The van der Waals surface area contributed by atoms with Crippen molar-refractivity contribution >= 4 is 11.0 Å². The molecule has 0 spiro atoms. The van der Waals surface area contributed by atoms with Gasteiger partial charge in [-0.25, -0.2) is 0 Å². The van der Waals surface area contributed by atoms with Crippen molar-refractivity contribution in [3.8, 4) is 0 Å². The Morgan fingerprint density at radius 1 is 1.07 bits per heavy atom. The third-order valence-electron chi connectivity index (χ3n) is 1.94. The van der Waals surface area contributed by atoms with E-state index in [1.807, 2.05) is 24.3 Å². The van der Waals surface area contributed by atoms with Gasteiger partial charge in [-0.3, -0.25) is 0 Å². The Balaban J connectivity index is 2.36. The van der Waals surface area contributed by atoms with E-state index in [9.17, 15) is 0 Å². The summed E-state index contributed by atoms with van der Waals surface area (Å²) in [4.78, 5) is 1.78. The molecule has 14 heavy (non-hydrogen) atoms. The number of nitrogens with zero attached hydrogens (tertiary/aromatic N) is 3. The van der Waals surface area contributed by atoms with Gasteiger partial charge in [0.15, 0.2) is 0 Å². The zero-order valence-electron chi connectivity index (χ0n) is 8.86. The molecule has 0 saturated carbocycles. The normalized spacial score (nSPS) is 12.2. The molecule has 2 rings (SSSR count). The molecule has 74 valence electrons. The van der Waals surface area contributed by atoms with Crippen LogP contribution in [-0.2, 0) is 6.54 Å². The lowest BCUT2D eigenvalue weighted by molar-refractivity contribution is 0.305. The molecule has 0 aliphatic carbocycles. The quantitative estimate of drug-likeness (QED) is 0.690. The number of hydrogen-bond donors (Lipinski definition) is 0. The molecule has 3 nitrogen and oxygen atoms in total. The second-order valence-electron chi connectivity index (χ2n) is 4.78. The van der Waals surface area contributed by atoms with E-state index >= 15 is 0 Å². The van der Waals surface area contributed by atoms with Crippen LogP contribution in [0.2, 0.25) is 0 Å². The number of hydrogen-bond acceptors (Lipinski definition) is 2. The minimum Gasteiger partial charge on any atom is -0.183 e. The third-order valence-corrected chi connectivity index (χ3v) is 1.94. The van der Waals surface area contributed by atoms with Gasteiger partial charge in [-0.2, -0.15) is 15.0 Å². The summed E-state index contributed by atoms with van der Waals surface area (Å²) >= 11 is 0. The predicted octanol–water partition coefficient (Wildman–Crippen LogP) is 2.48. The molecule has 0 saturated heterocycles. The van der Waals surface area contributed by atoms with Crippen LogP contribution in [0.25, 0.3) is 11.0 Å². The van der Waals surface area contributed by atoms with E-state index in [4.69, 9.17) is 0 Å². The maximum absolute atomic E-state index is 4.40. The molecule has 1 heterocycles. The van der Waals surface area contributed by atoms with Crippen LogP contribution in [0.4, 0.5) is 0 Å². The highest BCUT2D eigenvalue weighted by molar-refractivity contribution is 5.72. The number of aromatic nitrogens is 3. The lowest BCUT2D eigenvalue weighted by Gasteiger charge is -2.16. The first-order valence-electron chi connectivity index (χ1n) is 4.84. The summed E-state index contributed by atoms with van der Waals surface area (Å²) in [5.41, 5.74) is 2.16. The van der Waals surface area contributed by atoms with Crippen LogP contribution in [-0.4, -0.2) is 15.0 Å². The van der Waals surface area contributed by atoms with Crippen LogP contribution < -0.4 is 0 Å². The Kier molecular flexibility index (Phi) is 2.02. The highest BCUT2D eigenvalue weighted by Crippen LogP contribution is 2.16. The first kappa shape index (κ1) is 9.19. The van der Waals surface area contributed by atoms with E-state index in [1.165, 1.54) is 0 Å². The maximum Gasteiger partial charge on any atom is 0.113 e. The summed E-state index contributed by atoms with van der Waals surface area (Å²) in [5, 5.41) is 8.81. The number of benzene rings is 1. The Morgan fingerprint density at radius 2 is 1.57 bits per heavy atom. The highest BCUT2D eigenvalue weighted by Gasteiger charge is 2.13. The lowest BCUT2D eigenvalue weighted by atomic mass is 9.97. The van der Waals surface area contributed by atoms with Crippen molar-refractivity contribution in [1.29, 1.82) is 0 Å². The Bertz CT molecular complexity index is 404. The highest BCUT2D eigenvalue weighted by atomic mass is 15.5. The first-order valence-corrected chi connectivity index (χ1v) is 4.84. The van der Waals surface area contributed by atoms with Crippen LogP contribution in [0.5, 0.6) is 0 Å². The molecule has 1 aromatic heterocycles. The first-order chi connectivity index (χ1) is 6.54. The molecule has 0 N–H and O–H groups in total. The summed E-state index contributed by atoms with van der Waals surface area (Å²) in [7, 11) is 0. The Labute approximate surface area is 83.7 Å². The molecule has 0 aliphatic rings. The largest absolute Gasteiger partial charge is 0.183 e. The van der Waals surface area contributed by atoms with Crippen LogP contribution in [0.3, 0.4) is 0 Å². The molecule has 0 amide bonds. The number of rotatable bonds is 1. The Morgan fingerprint density at radius 3 is 2.00 bits per heavy atom. The molecular weight excluding hydrogens is 174 g/mol. The second kappa shape index (κ2) is 3.08. The van der Waals surface area contributed by atoms with E-state index in [2.05, 4.69) is 31.0 Å². The fraction of sp³-hybridized carbons (Fsp3) is 0.455. The topological polar surface area (TPSA) is 30.7 Å². The van der Waals surface area contributed by atoms with E-state index < -0.39 is 0 Å². The van der Waals surface area contributed by atoms with Crippen LogP contribution in [0, 0.1) is 5.41 Å². The van der Waals surface area contributed by atoms with Crippen molar-refractivity contribution in [2.45, 2.75) is 27.3 Å². The standard InChI is InChI=1S/C11H15N3/c1-11(2,3)8-14-12-9-6-4-5-7-10(9)13-14/h4-7H,8H2,1-3H3. The molecule has 0 fully saturated rings. The predicted molar refractivity (Wildman–Crippen MR) is 57.0 cm³/mol. The van der Waals surface area contributed by atoms with Gasteiger partial charge in [0.05, 0.1) is 6.54 Å². The lowest BCUT2D eigenvalue weighted by Crippen LogP contribution is -2.17. The van der Waals surface area contributed by atoms with E-state index in [0.29, 0.717) is 0 Å². The number of fused-ring (bicyclic) bond motifs is 1. The van der Waals surface area contributed by atoms with Gasteiger partial charge in [-0.05, 0) is 17.5 Å². The summed E-state index contributed by atoms with van der Waals surface area (Å²) in [6.07, 6.45) is 0. The minimum atomic E-state index is 0.217. The van der Waals surface area contributed by atoms with Crippen molar-refractivity contribution in [1.82, 2.24) is 15.0 Å². The molecule has 0 atom stereocenters. The molecule has 2 aromatic rings. The summed E-state index contributed by atoms with van der Waals surface area (Å²) in [6, 6.07) is 7.94. The fourth-order valence-electron chi connectivity index (χ4n) is 1.40. The van der Waals surface area contributed by atoms with Gasteiger partial charge in [-0.15, -0.1) is 0 Å². The Hall–Kier alpha value is -1.38. The van der Waals surface area contributed by atoms with Gasteiger partial charge in [0.1, 0.15) is 11.0 Å². The fourth-order valence-corrected chi connectivity index (χ4v) is 1.40. The SMILES string of the molecule is CC(C)(C)Cn1nc2ccccc2n1. The molecule has 0 radical (unpaired) electrons. The van der Waals surface area contributed by atoms with Gasteiger partial charge in [0.25, 0.3) is 0 Å². The zero-order chi connectivity index (χ0) is 10.2. The van der Waals surface area contributed by atoms with E-state index in [-0.39, 0.29) is 5.41 Å². The zero-order valence-corrected chi connectivity index (χ0v) is 8.86. The van der Waals surface area contributed by atoms with Crippen molar-refractivity contribution < 1.29 is 0 Å². The van der Waals surface area contributed by atoms with E-state index in [1.54, 1.807) is 4.80 Å². The van der Waals surface area contributed by atoms with Gasteiger partial charge in [-0.1, -0.05) is 32.9 Å². The summed E-state index contributed by atoms with van der Waals surface area (Å²) in [5.74, 6) is 0. The summed E-state index contributed by atoms with van der Waals surface area (Å²) < 4.78 is 0. The molecule has 0 bridgehead atoms. The molecule has 0 aliphatic heterocycles. The minimum absolute atomic E-state index is 0.217. The molecule has 0 unspecified atom stereocenters. The van der Waals surface area contributed by atoms with Crippen molar-refractivity contribution in [3.63, 3.8) is 0 Å².